The van der Waals surface area contributed by atoms with Gasteiger partial charge < -0.3 is 67.9 Å². The Labute approximate surface area is 101 Å². The van der Waals surface area contributed by atoms with Crippen LogP contribution < -0.4 is 0 Å². The number of nitrogens with zero attached hydrogens (tertiary/aromatic N) is 3. The second-order valence-electron chi connectivity index (χ2n) is 0.671. The van der Waals surface area contributed by atoms with Crippen molar-refractivity contribution in [2.24, 2.45) is 0 Å². The zero-order valence-electron chi connectivity index (χ0n) is 7.42. The van der Waals surface area contributed by atoms with E-state index in [0.29, 0.717) is 0 Å². The van der Waals surface area contributed by atoms with Gasteiger partial charge in [-0.15, -0.1) is 0 Å². The van der Waals surface area contributed by atoms with Crippen LogP contribution in [0.1, 0.15) is 0 Å². The van der Waals surface area contributed by atoms with Crippen molar-refractivity contribution < 1.29 is 54.5 Å². The average molecular weight is 310 g/mol. The molecule has 0 spiro atoms. The van der Waals surface area contributed by atoms with E-state index in [4.69, 9.17) is 46.0 Å². The number of rotatable bonds is 0. The maximum atomic E-state index is 8.25. The molecular weight excluding hydrogens is 302 g/mol. The summed E-state index contributed by atoms with van der Waals surface area (Å²) in [6, 6.07) is 0. The van der Waals surface area contributed by atoms with Crippen molar-refractivity contribution in [2.75, 3.05) is 0 Å². The van der Waals surface area contributed by atoms with Gasteiger partial charge in [0.25, 0.3) is 0 Å². The van der Waals surface area contributed by atoms with Gasteiger partial charge in [-0.1, -0.05) is 0 Å². The van der Waals surface area contributed by atoms with Gasteiger partial charge in [-0.05, 0) is 0 Å². The molecule has 8 N–H and O–H groups in total. The van der Waals surface area contributed by atoms with Crippen LogP contribution in [0.4, 0.5) is 0 Å². The van der Waals surface area contributed by atoms with Gasteiger partial charge in [0.2, 0.25) is 0 Å². The Kier molecular flexibility index (Phi) is 171. The van der Waals surface area contributed by atoms with Crippen molar-refractivity contribution in [3.63, 3.8) is 0 Å². The van der Waals surface area contributed by atoms with Gasteiger partial charge in [-0.3, -0.25) is 0 Å². The molecule has 0 aromatic rings. The Morgan fingerprint density at radius 3 is 0.471 bits per heavy atom. The maximum Gasteiger partial charge on any atom is 3.00 e. The van der Waals surface area contributed by atoms with Gasteiger partial charge >= 0.3 is 17.4 Å². The Morgan fingerprint density at radius 1 is 0.471 bits per heavy atom. The molecule has 0 saturated heterocycles. The van der Waals surface area contributed by atoms with Crippen molar-refractivity contribution in [2.45, 2.75) is 0 Å². The summed E-state index contributed by atoms with van der Waals surface area (Å²) in [5.41, 5.74) is 0. The third kappa shape index (κ3) is 487. The Hall–Kier alpha value is -2.03. The predicted octanol–water partition coefficient (Wildman–Crippen LogP) is -4.02. The van der Waals surface area contributed by atoms with E-state index < -0.39 is 15.3 Å². The van der Waals surface area contributed by atoms with Gasteiger partial charge in [0.15, 0.2) is 0 Å². The molecule has 0 aliphatic carbocycles. The van der Waals surface area contributed by atoms with Crippen LogP contribution in [-0.4, -0.2) is 37.2 Å². The fourth-order valence-corrected chi connectivity index (χ4v) is 0. The molecule has 107 valence electrons. The molecule has 1 radical (unpaired) electrons. The van der Waals surface area contributed by atoms with Crippen LogP contribution in [0.2, 0.25) is 0 Å². The second kappa shape index (κ2) is 48.4. The smallest absolute Gasteiger partial charge is 0.412 e. The molecule has 0 unspecified atom stereocenters. The van der Waals surface area contributed by atoms with Gasteiger partial charge in [0.05, 0.1) is 15.3 Å². The van der Waals surface area contributed by atoms with E-state index in [1.807, 2.05) is 0 Å². The second-order valence-corrected chi connectivity index (χ2v) is 0.671. The first-order chi connectivity index (χ1) is 5.20. The minimum atomic E-state index is -1.75. The van der Waals surface area contributed by atoms with E-state index in [1.165, 1.54) is 0 Å². The zero-order chi connectivity index (χ0) is 10.7. The zero-order valence-corrected chi connectivity index (χ0v) is 8.70. The molecule has 0 aliphatic heterocycles. The molecule has 17 heteroatoms. The summed E-state index contributed by atoms with van der Waals surface area (Å²) >= 11 is 0. The molecule has 0 amide bonds. The summed E-state index contributed by atoms with van der Waals surface area (Å²) in [5, 5.41) is 44.2. The third-order valence-electron chi connectivity index (χ3n) is 0. The fourth-order valence-electron chi connectivity index (χ4n) is 0. The van der Waals surface area contributed by atoms with Crippen LogP contribution in [0.25, 0.3) is 0 Å². The van der Waals surface area contributed by atoms with Crippen LogP contribution >= 0.6 is 0 Å². The monoisotopic (exact) mass is 310 g/mol. The molecular formula is H8CrN3O13. The van der Waals surface area contributed by atoms with Crippen LogP contribution in [0, 0.1) is 46.0 Å². The van der Waals surface area contributed by atoms with Gasteiger partial charge in [-0.25, -0.2) is 0 Å². The summed E-state index contributed by atoms with van der Waals surface area (Å²) in [4.78, 5) is 24.8. The van der Waals surface area contributed by atoms with E-state index in [9.17, 15) is 0 Å². The molecule has 0 aromatic heterocycles. The van der Waals surface area contributed by atoms with Crippen molar-refractivity contribution in [3.05, 3.63) is 46.0 Å². The van der Waals surface area contributed by atoms with Crippen LogP contribution in [-0.2, 0) is 17.4 Å². The molecule has 0 aromatic carbocycles. The first-order valence-corrected chi connectivity index (χ1v) is 1.64. The van der Waals surface area contributed by atoms with E-state index in [0.717, 1.165) is 0 Å². The summed E-state index contributed by atoms with van der Waals surface area (Å²) in [6.45, 7) is 0. The molecule has 16 nitrogen and oxygen atoms in total. The molecule has 0 saturated carbocycles. The van der Waals surface area contributed by atoms with Crippen molar-refractivity contribution in [3.8, 4) is 0 Å². The fraction of sp³-hybridized carbons (Fsp3) is 0. The minimum absolute atomic E-state index is 0. The quantitative estimate of drug-likeness (QED) is 0.309. The first kappa shape index (κ1) is 60.1. The van der Waals surface area contributed by atoms with Gasteiger partial charge in [0, 0.05) is 0 Å². The Balaban J connectivity index is -0.0000000104. The van der Waals surface area contributed by atoms with Crippen LogP contribution in [0.5, 0.6) is 0 Å². The largest absolute Gasteiger partial charge is 3.00 e. The summed E-state index contributed by atoms with van der Waals surface area (Å²) in [5.74, 6) is 0. The van der Waals surface area contributed by atoms with Crippen molar-refractivity contribution in [1.29, 1.82) is 0 Å². The molecule has 0 fully saturated rings. The normalized spacial score (nSPS) is 4.24. The topological polar surface area (TPSA) is 325 Å². The van der Waals surface area contributed by atoms with E-state index in [1.54, 1.807) is 0 Å². The number of hydrogen-bond acceptors (Lipinski definition) is 9. The molecule has 0 aliphatic rings. The van der Waals surface area contributed by atoms with E-state index in [-0.39, 0.29) is 39.3 Å². The molecule has 0 heterocycles. The Bertz CT molecular complexity index is 114. The van der Waals surface area contributed by atoms with Crippen molar-refractivity contribution >= 4 is 0 Å². The Morgan fingerprint density at radius 2 is 0.471 bits per heavy atom. The third-order valence-corrected chi connectivity index (χ3v) is 0. The van der Waals surface area contributed by atoms with Crippen LogP contribution in [0.3, 0.4) is 0 Å². The maximum absolute atomic E-state index is 8.25. The SMILES string of the molecule is O.O.O.O.O=[N+]([O-])[O-].O=[N+]([O-])[O-].O=[N+]([O-])[O-].[Cr+3]. The van der Waals surface area contributed by atoms with E-state index in [2.05, 4.69) is 0 Å². The summed E-state index contributed by atoms with van der Waals surface area (Å²) < 4.78 is 0. The molecule has 17 heavy (non-hydrogen) atoms. The molecule has 0 rings (SSSR count). The van der Waals surface area contributed by atoms with E-state index >= 15 is 0 Å². The molecule has 0 bridgehead atoms. The minimum Gasteiger partial charge on any atom is -0.412 e. The predicted molar refractivity (Wildman–Crippen MR) is 45.5 cm³/mol. The summed E-state index contributed by atoms with van der Waals surface area (Å²) in [6.07, 6.45) is 0. The standard InChI is InChI=1S/Cr.3NO3.4H2O/c;3*2-1(3)4;;;;/h;;;;4*1H2/q+3;3*-1;;;;. The van der Waals surface area contributed by atoms with Gasteiger partial charge in [-0.2, -0.15) is 0 Å². The molecule has 0 atom stereocenters. The number of hydrogen-bond donors (Lipinski definition) is 0. The van der Waals surface area contributed by atoms with Crippen LogP contribution in [0.15, 0.2) is 0 Å². The average Bonchev–Trinajstić information content (AvgIpc) is 1.54. The van der Waals surface area contributed by atoms with Gasteiger partial charge in [0.1, 0.15) is 0 Å². The van der Waals surface area contributed by atoms with Crippen molar-refractivity contribution in [1.82, 2.24) is 0 Å². The first-order valence-electron chi connectivity index (χ1n) is 1.64. The summed E-state index contributed by atoms with van der Waals surface area (Å²) in [7, 11) is 0.